The summed E-state index contributed by atoms with van der Waals surface area (Å²) in [6.07, 6.45) is 0. The third-order valence-corrected chi connectivity index (χ3v) is 2.84. The van der Waals surface area contributed by atoms with Gasteiger partial charge in [0.15, 0.2) is 0 Å². The van der Waals surface area contributed by atoms with Gasteiger partial charge in [0.2, 0.25) is 0 Å². The Morgan fingerprint density at radius 3 is 2.35 bits per heavy atom. The second-order valence-corrected chi connectivity index (χ2v) is 4.44. The summed E-state index contributed by atoms with van der Waals surface area (Å²) >= 11 is 0. The SMILES string of the molecule is NCc1cccc(CNC(=O)c2cc(O)cc(O)c2)c1. The number of carbonyl (C=O) groups excluding carboxylic acids is 1. The van der Waals surface area contributed by atoms with E-state index in [1.807, 2.05) is 24.3 Å². The molecular weight excluding hydrogens is 256 g/mol. The lowest BCUT2D eigenvalue weighted by atomic mass is 10.1. The summed E-state index contributed by atoms with van der Waals surface area (Å²) in [7, 11) is 0. The van der Waals surface area contributed by atoms with E-state index in [0.29, 0.717) is 13.1 Å². The van der Waals surface area contributed by atoms with Crippen molar-refractivity contribution >= 4 is 5.91 Å². The second kappa shape index (κ2) is 6.08. The predicted molar refractivity (Wildman–Crippen MR) is 75.3 cm³/mol. The summed E-state index contributed by atoms with van der Waals surface area (Å²) in [5, 5.41) is 21.4. The second-order valence-electron chi connectivity index (χ2n) is 4.44. The van der Waals surface area contributed by atoms with Crippen molar-refractivity contribution in [3.8, 4) is 11.5 Å². The van der Waals surface area contributed by atoms with E-state index >= 15 is 0 Å². The van der Waals surface area contributed by atoms with Crippen molar-refractivity contribution in [1.82, 2.24) is 5.32 Å². The third kappa shape index (κ3) is 3.49. The van der Waals surface area contributed by atoms with Gasteiger partial charge >= 0.3 is 0 Å². The third-order valence-electron chi connectivity index (χ3n) is 2.84. The molecule has 0 saturated carbocycles. The highest BCUT2D eigenvalue weighted by molar-refractivity contribution is 5.95. The van der Waals surface area contributed by atoms with Crippen LogP contribution in [0.2, 0.25) is 0 Å². The Labute approximate surface area is 116 Å². The minimum absolute atomic E-state index is 0.153. The maximum Gasteiger partial charge on any atom is 0.251 e. The number of benzene rings is 2. The van der Waals surface area contributed by atoms with Crippen LogP contribution in [0, 0.1) is 0 Å². The highest BCUT2D eigenvalue weighted by Gasteiger charge is 2.08. The Bertz CT molecular complexity index is 606. The number of nitrogens with one attached hydrogen (secondary N) is 1. The quantitative estimate of drug-likeness (QED) is 0.678. The van der Waals surface area contributed by atoms with Crippen LogP contribution in [0.25, 0.3) is 0 Å². The van der Waals surface area contributed by atoms with Gasteiger partial charge in [-0.3, -0.25) is 4.79 Å². The number of hydrogen-bond acceptors (Lipinski definition) is 4. The topological polar surface area (TPSA) is 95.6 Å². The predicted octanol–water partition coefficient (Wildman–Crippen LogP) is 1.49. The van der Waals surface area contributed by atoms with Gasteiger partial charge in [-0.05, 0) is 23.3 Å². The number of amides is 1. The molecule has 0 aromatic heterocycles. The molecule has 0 aliphatic carbocycles. The molecule has 5 nitrogen and oxygen atoms in total. The molecule has 5 N–H and O–H groups in total. The van der Waals surface area contributed by atoms with Crippen LogP contribution in [0.1, 0.15) is 21.5 Å². The molecule has 0 atom stereocenters. The van der Waals surface area contributed by atoms with Gasteiger partial charge in [0, 0.05) is 24.7 Å². The normalized spacial score (nSPS) is 10.2. The van der Waals surface area contributed by atoms with Crippen molar-refractivity contribution in [3.05, 3.63) is 59.2 Å². The number of rotatable bonds is 4. The lowest BCUT2D eigenvalue weighted by Crippen LogP contribution is -2.22. The fourth-order valence-corrected chi connectivity index (χ4v) is 1.88. The Morgan fingerprint density at radius 2 is 1.70 bits per heavy atom. The first-order valence-corrected chi connectivity index (χ1v) is 6.17. The maximum atomic E-state index is 11.9. The molecule has 0 unspecified atom stereocenters. The standard InChI is InChI=1S/C15H16N2O3/c16-8-10-2-1-3-11(4-10)9-17-15(20)12-5-13(18)7-14(19)6-12/h1-7,18-19H,8-9,16H2,(H,17,20). The summed E-state index contributed by atoms with van der Waals surface area (Å²) in [6.45, 7) is 0.797. The number of phenols is 2. The zero-order valence-electron chi connectivity index (χ0n) is 10.8. The van der Waals surface area contributed by atoms with Crippen LogP contribution in [0.5, 0.6) is 11.5 Å². The Morgan fingerprint density at radius 1 is 1.05 bits per heavy atom. The van der Waals surface area contributed by atoms with Crippen molar-refractivity contribution in [1.29, 1.82) is 0 Å². The monoisotopic (exact) mass is 272 g/mol. The summed E-state index contributed by atoms with van der Waals surface area (Å²) in [5.74, 6) is -0.671. The van der Waals surface area contributed by atoms with Gasteiger partial charge in [-0.1, -0.05) is 24.3 Å². The van der Waals surface area contributed by atoms with E-state index in [0.717, 1.165) is 11.1 Å². The van der Waals surface area contributed by atoms with Crippen molar-refractivity contribution in [3.63, 3.8) is 0 Å². The number of carbonyl (C=O) groups is 1. The zero-order valence-corrected chi connectivity index (χ0v) is 10.8. The average molecular weight is 272 g/mol. The highest BCUT2D eigenvalue weighted by atomic mass is 16.3. The van der Waals surface area contributed by atoms with Gasteiger partial charge in [0.1, 0.15) is 11.5 Å². The van der Waals surface area contributed by atoms with Crippen LogP contribution < -0.4 is 11.1 Å². The molecule has 2 aromatic rings. The molecule has 104 valence electrons. The molecule has 2 aromatic carbocycles. The largest absolute Gasteiger partial charge is 0.508 e. The summed E-state index contributed by atoms with van der Waals surface area (Å²) in [6, 6.07) is 11.4. The lowest BCUT2D eigenvalue weighted by Gasteiger charge is -2.07. The molecule has 0 saturated heterocycles. The molecule has 2 rings (SSSR count). The van der Waals surface area contributed by atoms with Gasteiger partial charge in [-0.15, -0.1) is 0 Å². The van der Waals surface area contributed by atoms with Gasteiger partial charge in [-0.25, -0.2) is 0 Å². The minimum Gasteiger partial charge on any atom is -0.508 e. The van der Waals surface area contributed by atoms with Crippen LogP contribution >= 0.6 is 0 Å². The van der Waals surface area contributed by atoms with E-state index in [9.17, 15) is 15.0 Å². The van der Waals surface area contributed by atoms with Gasteiger partial charge in [-0.2, -0.15) is 0 Å². The Hall–Kier alpha value is -2.53. The van der Waals surface area contributed by atoms with E-state index in [-0.39, 0.29) is 23.0 Å². The van der Waals surface area contributed by atoms with Crippen molar-refractivity contribution in [2.45, 2.75) is 13.1 Å². The fraction of sp³-hybridized carbons (Fsp3) is 0.133. The van der Waals surface area contributed by atoms with Crippen LogP contribution in [0.4, 0.5) is 0 Å². The van der Waals surface area contributed by atoms with E-state index in [1.54, 1.807) is 0 Å². The number of hydrogen-bond donors (Lipinski definition) is 4. The van der Waals surface area contributed by atoms with E-state index < -0.39 is 0 Å². The summed E-state index contributed by atoms with van der Waals surface area (Å²) in [5.41, 5.74) is 7.69. The first kappa shape index (κ1) is 13.9. The van der Waals surface area contributed by atoms with E-state index in [4.69, 9.17) is 5.73 Å². The zero-order chi connectivity index (χ0) is 14.5. The number of phenolic OH excluding ortho intramolecular Hbond substituents is 2. The van der Waals surface area contributed by atoms with Gasteiger partial charge < -0.3 is 21.3 Å². The van der Waals surface area contributed by atoms with E-state index in [2.05, 4.69) is 5.32 Å². The lowest BCUT2D eigenvalue weighted by molar-refractivity contribution is 0.0950. The molecule has 20 heavy (non-hydrogen) atoms. The first-order chi connectivity index (χ1) is 9.58. The summed E-state index contributed by atoms with van der Waals surface area (Å²) in [4.78, 5) is 11.9. The smallest absolute Gasteiger partial charge is 0.251 e. The molecule has 0 heterocycles. The number of nitrogens with two attached hydrogens (primary N) is 1. The molecule has 5 heteroatoms. The maximum absolute atomic E-state index is 11.9. The van der Waals surface area contributed by atoms with Gasteiger partial charge in [0.25, 0.3) is 5.91 Å². The minimum atomic E-state index is -0.366. The molecule has 0 spiro atoms. The highest BCUT2D eigenvalue weighted by Crippen LogP contribution is 2.20. The van der Waals surface area contributed by atoms with Gasteiger partial charge in [0.05, 0.1) is 0 Å². The Kier molecular flexibility index (Phi) is 4.22. The van der Waals surface area contributed by atoms with Crippen molar-refractivity contribution in [2.75, 3.05) is 0 Å². The molecule has 1 amide bonds. The van der Waals surface area contributed by atoms with Crippen LogP contribution in [0.3, 0.4) is 0 Å². The molecule has 0 aliphatic heterocycles. The molecule has 0 aliphatic rings. The fourth-order valence-electron chi connectivity index (χ4n) is 1.88. The Balaban J connectivity index is 2.04. The summed E-state index contributed by atoms with van der Waals surface area (Å²) < 4.78 is 0. The molecule has 0 fully saturated rings. The first-order valence-electron chi connectivity index (χ1n) is 6.17. The van der Waals surface area contributed by atoms with Crippen molar-refractivity contribution in [2.24, 2.45) is 5.73 Å². The average Bonchev–Trinajstić information content (AvgIpc) is 2.44. The van der Waals surface area contributed by atoms with Crippen LogP contribution in [-0.4, -0.2) is 16.1 Å². The molecular formula is C15H16N2O3. The van der Waals surface area contributed by atoms with Crippen molar-refractivity contribution < 1.29 is 15.0 Å². The van der Waals surface area contributed by atoms with E-state index in [1.165, 1.54) is 18.2 Å². The van der Waals surface area contributed by atoms with Crippen LogP contribution in [0.15, 0.2) is 42.5 Å². The molecule has 0 radical (unpaired) electrons. The van der Waals surface area contributed by atoms with Crippen LogP contribution in [-0.2, 0) is 13.1 Å². The number of aromatic hydroxyl groups is 2. The molecule has 0 bridgehead atoms.